The zero-order chi connectivity index (χ0) is 13.0. The fourth-order valence-electron chi connectivity index (χ4n) is 2.49. The van der Waals surface area contributed by atoms with E-state index in [1.807, 2.05) is 31.2 Å². The normalized spacial score (nSPS) is 18.3. The van der Waals surface area contributed by atoms with Gasteiger partial charge in [0.25, 0.3) is 0 Å². The molecular formula is C15H20N2O. The molecule has 0 saturated heterocycles. The summed E-state index contributed by atoms with van der Waals surface area (Å²) in [5.74, 6) is 1.03. The van der Waals surface area contributed by atoms with Crippen molar-refractivity contribution in [2.45, 2.75) is 25.5 Å². The first-order valence-corrected chi connectivity index (χ1v) is 6.38. The van der Waals surface area contributed by atoms with Crippen LogP contribution in [0, 0.1) is 0 Å². The summed E-state index contributed by atoms with van der Waals surface area (Å²) >= 11 is 0. The van der Waals surface area contributed by atoms with Crippen molar-refractivity contribution >= 4 is 5.84 Å². The molecule has 1 N–H and O–H groups in total. The van der Waals surface area contributed by atoms with Crippen LogP contribution in [0.25, 0.3) is 0 Å². The highest BCUT2D eigenvalue weighted by Gasteiger charge is 2.29. The molecule has 0 aliphatic carbocycles. The monoisotopic (exact) mass is 244 g/mol. The van der Waals surface area contributed by atoms with Crippen molar-refractivity contribution in [3.63, 3.8) is 0 Å². The molecule has 1 aromatic carbocycles. The second-order valence-corrected chi connectivity index (χ2v) is 4.58. The summed E-state index contributed by atoms with van der Waals surface area (Å²) in [4.78, 5) is 6.69. The summed E-state index contributed by atoms with van der Waals surface area (Å²) in [6, 6.07) is 10.1. The van der Waals surface area contributed by atoms with E-state index in [4.69, 9.17) is 0 Å². The zero-order valence-electron chi connectivity index (χ0n) is 10.8. The van der Waals surface area contributed by atoms with E-state index in [0.717, 1.165) is 30.9 Å². The number of hydrogen-bond acceptors (Lipinski definition) is 3. The van der Waals surface area contributed by atoms with Gasteiger partial charge in [-0.3, -0.25) is 4.99 Å². The molecule has 2 rings (SSSR count). The van der Waals surface area contributed by atoms with Gasteiger partial charge >= 0.3 is 0 Å². The maximum Gasteiger partial charge on any atom is 0.103 e. The number of rotatable bonds is 5. The van der Waals surface area contributed by atoms with Gasteiger partial charge in [-0.15, -0.1) is 6.58 Å². The Kier molecular flexibility index (Phi) is 4.15. The summed E-state index contributed by atoms with van der Waals surface area (Å²) in [5, 5.41) is 10.1. The molecule has 3 heteroatoms. The summed E-state index contributed by atoms with van der Waals surface area (Å²) in [7, 11) is 0. The minimum Gasteiger partial charge on any atom is -0.391 e. The lowest BCUT2D eigenvalue weighted by atomic mass is 10.0. The second-order valence-electron chi connectivity index (χ2n) is 4.58. The molecule has 1 aliphatic heterocycles. The molecule has 2 atom stereocenters. The van der Waals surface area contributed by atoms with Crippen LogP contribution in [0.15, 0.2) is 48.0 Å². The van der Waals surface area contributed by atoms with Gasteiger partial charge in [0.1, 0.15) is 5.84 Å². The minimum atomic E-state index is -0.430. The van der Waals surface area contributed by atoms with Crippen LogP contribution in [-0.4, -0.2) is 35.0 Å². The van der Waals surface area contributed by atoms with Crippen molar-refractivity contribution in [3.8, 4) is 0 Å². The van der Waals surface area contributed by atoms with Crippen LogP contribution >= 0.6 is 0 Å². The Morgan fingerprint density at radius 3 is 2.78 bits per heavy atom. The highest BCUT2D eigenvalue weighted by atomic mass is 16.3. The average molecular weight is 244 g/mol. The molecule has 0 saturated carbocycles. The molecule has 1 heterocycles. The summed E-state index contributed by atoms with van der Waals surface area (Å²) in [6.07, 6.45) is 2.19. The van der Waals surface area contributed by atoms with Crippen molar-refractivity contribution in [2.75, 3.05) is 13.1 Å². The number of aliphatic hydroxyl groups excluding tert-OH is 1. The van der Waals surface area contributed by atoms with Gasteiger partial charge in [-0.2, -0.15) is 0 Å². The van der Waals surface area contributed by atoms with Gasteiger partial charge in [-0.1, -0.05) is 36.4 Å². The van der Waals surface area contributed by atoms with Gasteiger partial charge in [0.15, 0.2) is 0 Å². The Bertz CT molecular complexity index is 425. The van der Waals surface area contributed by atoms with Crippen LogP contribution < -0.4 is 0 Å². The fraction of sp³-hybridized carbons (Fsp3) is 0.400. The number of aliphatic imine (C=N–C) groups is 1. The lowest BCUT2D eigenvalue weighted by molar-refractivity contribution is 0.103. The number of benzene rings is 1. The lowest BCUT2D eigenvalue weighted by Gasteiger charge is -2.33. The maximum atomic E-state index is 10.1. The number of nitrogens with zero attached hydrogens (tertiary/aromatic N) is 2. The average Bonchev–Trinajstić information content (AvgIpc) is 2.79. The third-order valence-corrected chi connectivity index (χ3v) is 3.23. The molecule has 0 radical (unpaired) electrons. The van der Waals surface area contributed by atoms with E-state index < -0.39 is 6.10 Å². The highest BCUT2D eigenvalue weighted by molar-refractivity contribution is 5.85. The smallest absolute Gasteiger partial charge is 0.103 e. The second kappa shape index (κ2) is 5.83. The lowest BCUT2D eigenvalue weighted by Crippen LogP contribution is -2.37. The third-order valence-electron chi connectivity index (χ3n) is 3.23. The van der Waals surface area contributed by atoms with Crippen molar-refractivity contribution in [2.24, 2.45) is 4.99 Å². The van der Waals surface area contributed by atoms with E-state index in [1.54, 1.807) is 0 Å². The molecule has 3 nitrogen and oxygen atoms in total. The Balaban J connectivity index is 2.26. The van der Waals surface area contributed by atoms with Crippen LogP contribution in [0.3, 0.4) is 0 Å². The third kappa shape index (κ3) is 2.62. The predicted molar refractivity (Wildman–Crippen MR) is 74.7 cm³/mol. The topological polar surface area (TPSA) is 35.8 Å². The first-order valence-electron chi connectivity index (χ1n) is 6.38. The molecule has 1 aliphatic rings. The van der Waals surface area contributed by atoms with Gasteiger partial charge in [0.05, 0.1) is 18.7 Å². The Hall–Kier alpha value is -1.61. The first-order chi connectivity index (χ1) is 8.74. The fourth-order valence-corrected chi connectivity index (χ4v) is 2.49. The van der Waals surface area contributed by atoms with E-state index in [2.05, 4.69) is 28.6 Å². The molecular weight excluding hydrogens is 224 g/mol. The van der Waals surface area contributed by atoms with E-state index in [0.29, 0.717) is 0 Å². The summed E-state index contributed by atoms with van der Waals surface area (Å²) < 4.78 is 0. The standard InChI is InChI=1S/C15H20N2O/c1-3-7-14-16-10-11-17(14)15(12(2)18)13-8-5-4-6-9-13/h3-6,8-9,12,15,18H,1,7,10-11H2,2H3. The molecule has 0 aromatic heterocycles. The Morgan fingerprint density at radius 2 is 2.17 bits per heavy atom. The molecule has 2 unspecified atom stereocenters. The number of amidine groups is 1. The van der Waals surface area contributed by atoms with Gasteiger partial charge < -0.3 is 10.0 Å². The highest BCUT2D eigenvalue weighted by Crippen LogP contribution is 2.27. The van der Waals surface area contributed by atoms with Gasteiger partial charge in [0, 0.05) is 13.0 Å². The number of hydrogen-bond donors (Lipinski definition) is 1. The zero-order valence-corrected chi connectivity index (χ0v) is 10.8. The quantitative estimate of drug-likeness (QED) is 0.807. The SMILES string of the molecule is C=CCC1=NCCN1C(c1ccccc1)C(C)O. The first kappa shape index (κ1) is 12.8. The van der Waals surface area contributed by atoms with Gasteiger partial charge in [0.2, 0.25) is 0 Å². The van der Waals surface area contributed by atoms with Crippen LogP contribution in [0.4, 0.5) is 0 Å². The summed E-state index contributed by atoms with van der Waals surface area (Å²) in [6.45, 7) is 7.27. The van der Waals surface area contributed by atoms with Crippen molar-refractivity contribution < 1.29 is 5.11 Å². The van der Waals surface area contributed by atoms with E-state index in [-0.39, 0.29) is 6.04 Å². The van der Waals surface area contributed by atoms with E-state index in [1.165, 1.54) is 0 Å². The molecule has 18 heavy (non-hydrogen) atoms. The molecule has 0 bridgehead atoms. The molecule has 0 fully saturated rings. The van der Waals surface area contributed by atoms with Crippen molar-refractivity contribution in [3.05, 3.63) is 48.6 Å². The van der Waals surface area contributed by atoms with Crippen molar-refractivity contribution in [1.82, 2.24) is 4.90 Å². The van der Waals surface area contributed by atoms with Crippen LogP contribution in [0.2, 0.25) is 0 Å². The predicted octanol–water partition coefficient (Wildman–Crippen LogP) is 2.40. The van der Waals surface area contributed by atoms with Crippen LogP contribution in [0.1, 0.15) is 24.9 Å². The minimum absolute atomic E-state index is 0.0209. The van der Waals surface area contributed by atoms with Gasteiger partial charge in [-0.05, 0) is 12.5 Å². The van der Waals surface area contributed by atoms with Crippen molar-refractivity contribution in [1.29, 1.82) is 0 Å². The molecule has 1 aromatic rings. The molecule has 0 spiro atoms. The van der Waals surface area contributed by atoms with E-state index >= 15 is 0 Å². The Labute approximate surface area is 108 Å². The Morgan fingerprint density at radius 1 is 1.44 bits per heavy atom. The van der Waals surface area contributed by atoms with Crippen LogP contribution in [-0.2, 0) is 0 Å². The maximum absolute atomic E-state index is 10.1. The molecule has 0 amide bonds. The molecule has 96 valence electrons. The number of aliphatic hydroxyl groups is 1. The largest absolute Gasteiger partial charge is 0.391 e. The summed E-state index contributed by atoms with van der Waals surface area (Å²) in [5.41, 5.74) is 1.13. The van der Waals surface area contributed by atoms with Gasteiger partial charge in [-0.25, -0.2) is 0 Å². The van der Waals surface area contributed by atoms with E-state index in [9.17, 15) is 5.11 Å². The van der Waals surface area contributed by atoms with Crippen LogP contribution in [0.5, 0.6) is 0 Å².